The number of phenols is 1. The van der Waals surface area contributed by atoms with Crippen LogP contribution in [0, 0.1) is 0 Å². The molecule has 150 valence electrons. The third-order valence-corrected chi connectivity index (χ3v) is 6.47. The summed E-state index contributed by atoms with van der Waals surface area (Å²) in [5.74, 6) is -0.577. The highest BCUT2D eigenvalue weighted by Crippen LogP contribution is 2.26. The van der Waals surface area contributed by atoms with Crippen molar-refractivity contribution in [1.29, 1.82) is 0 Å². The molecule has 1 saturated heterocycles. The number of halogens is 1. The van der Waals surface area contributed by atoms with E-state index in [1.807, 2.05) is 13.8 Å². The number of hydrogen-bond donors (Lipinski definition) is 2. The zero-order valence-corrected chi connectivity index (χ0v) is 17.0. The van der Waals surface area contributed by atoms with E-state index in [0.29, 0.717) is 5.69 Å². The van der Waals surface area contributed by atoms with E-state index in [0.717, 1.165) is 0 Å². The van der Waals surface area contributed by atoms with Crippen molar-refractivity contribution in [3.63, 3.8) is 0 Å². The Morgan fingerprint density at radius 3 is 2.50 bits per heavy atom. The summed E-state index contributed by atoms with van der Waals surface area (Å²) in [6.07, 6.45) is -0.446. The van der Waals surface area contributed by atoms with Gasteiger partial charge in [-0.15, -0.1) is 0 Å². The fourth-order valence-corrected chi connectivity index (χ4v) is 4.92. The van der Waals surface area contributed by atoms with Crippen molar-refractivity contribution in [3.8, 4) is 5.75 Å². The van der Waals surface area contributed by atoms with Crippen LogP contribution in [0.2, 0.25) is 5.02 Å². The number of ether oxygens (including phenoxy) is 1. The topological polar surface area (TPSA) is 95.9 Å². The summed E-state index contributed by atoms with van der Waals surface area (Å²) in [6.45, 7) is 4.10. The maximum absolute atomic E-state index is 13.0. The summed E-state index contributed by atoms with van der Waals surface area (Å²) in [4.78, 5) is 12.6. The molecular weight excluding hydrogens is 404 g/mol. The van der Waals surface area contributed by atoms with Crippen molar-refractivity contribution in [2.45, 2.75) is 31.0 Å². The van der Waals surface area contributed by atoms with E-state index in [1.165, 1.54) is 34.6 Å². The number of carbonyl (C=O) groups is 1. The second-order valence-corrected chi connectivity index (χ2v) is 9.07. The number of nitrogens with one attached hydrogen (secondary N) is 1. The molecule has 0 bridgehead atoms. The third-order valence-electron chi connectivity index (χ3n) is 4.31. The number of hydrogen-bond acceptors (Lipinski definition) is 5. The minimum absolute atomic E-state index is 0.00391. The van der Waals surface area contributed by atoms with Gasteiger partial charge in [0.25, 0.3) is 5.91 Å². The van der Waals surface area contributed by atoms with E-state index in [2.05, 4.69) is 5.32 Å². The summed E-state index contributed by atoms with van der Waals surface area (Å²) in [5, 5.41) is 12.2. The van der Waals surface area contributed by atoms with Crippen LogP contribution in [0.3, 0.4) is 0 Å². The van der Waals surface area contributed by atoms with Crippen LogP contribution in [0.25, 0.3) is 0 Å². The number of anilines is 1. The minimum atomic E-state index is -3.81. The summed E-state index contributed by atoms with van der Waals surface area (Å²) >= 11 is 6.13. The van der Waals surface area contributed by atoms with Gasteiger partial charge in [-0.1, -0.05) is 17.7 Å². The van der Waals surface area contributed by atoms with Crippen molar-refractivity contribution in [2.75, 3.05) is 18.4 Å². The lowest BCUT2D eigenvalue weighted by Crippen LogP contribution is -2.48. The van der Waals surface area contributed by atoms with E-state index in [9.17, 15) is 18.3 Å². The first-order valence-electron chi connectivity index (χ1n) is 8.72. The molecule has 28 heavy (non-hydrogen) atoms. The van der Waals surface area contributed by atoms with Crippen molar-refractivity contribution >= 4 is 33.2 Å². The Morgan fingerprint density at radius 1 is 1.18 bits per heavy atom. The van der Waals surface area contributed by atoms with Crippen molar-refractivity contribution < 1.29 is 23.1 Å². The third kappa shape index (κ3) is 4.47. The van der Waals surface area contributed by atoms with E-state index >= 15 is 0 Å². The molecule has 2 aromatic rings. The SMILES string of the molecule is C[C@@H]1CN(S(=O)(=O)c2ccc(Cl)c(C(=O)Nc3cccc(O)c3)c2)C[C@@H](C)O1. The molecule has 0 aliphatic carbocycles. The lowest BCUT2D eigenvalue weighted by molar-refractivity contribution is -0.0440. The van der Waals surface area contributed by atoms with Gasteiger partial charge >= 0.3 is 0 Å². The molecule has 2 atom stereocenters. The number of morpholine rings is 1. The number of nitrogens with zero attached hydrogens (tertiary/aromatic N) is 1. The van der Waals surface area contributed by atoms with E-state index < -0.39 is 15.9 Å². The number of carbonyl (C=O) groups excluding carboxylic acids is 1. The van der Waals surface area contributed by atoms with Gasteiger partial charge in [-0.3, -0.25) is 4.79 Å². The predicted octanol–water partition coefficient (Wildman–Crippen LogP) is 3.10. The lowest BCUT2D eigenvalue weighted by Gasteiger charge is -2.34. The molecular formula is C19H21ClN2O5S. The van der Waals surface area contributed by atoms with Gasteiger partial charge in [0.05, 0.1) is 27.7 Å². The molecule has 2 aromatic carbocycles. The van der Waals surface area contributed by atoms with Gasteiger partial charge < -0.3 is 15.2 Å². The Bertz CT molecular complexity index is 986. The zero-order chi connectivity index (χ0) is 20.5. The van der Waals surface area contributed by atoms with Crippen molar-refractivity contribution in [2.24, 2.45) is 0 Å². The highest BCUT2D eigenvalue weighted by molar-refractivity contribution is 7.89. The summed E-state index contributed by atoms with van der Waals surface area (Å²) in [5.41, 5.74) is 0.394. The number of phenolic OH excluding ortho intramolecular Hbond substituents is 1. The highest BCUT2D eigenvalue weighted by Gasteiger charge is 2.32. The van der Waals surface area contributed by atoms with Crippen LogP contribution in [0.5, 0.6) is 5.75 Å². The Hall–Kier alpha value is -2.13. The van der Waals surface area contributed by atoms with Gasteiger partial charge in [0.2, 0.25) is 10.0 Å². The number of rotatable bonds is 4. The van der Waals surface area contributed by atoms with Crippen molar-refractivity contribution in [3.05, 3.63) is 53.1 Å². The Labute approximate surface area is 168 Å². The van der Waals surface area contributed by atoms with Gasteiger partial charge in [0, 0.05) is 24.8 Å². The molecule has 3 rings (SSSR count). The molecule has 1 amide bonds. The number of amides is 1. The largest absolute Gasteiger partial charge is 0.508 e. The second-order valence-electron chi connectivity index (χ2n) is 6.73. The van der Waals surface area contributed by atoms with Crippen LogP contribution in [-0.2, 0) is 14.8 Å². The fourth-order valence-electron chi connectivity index (χ4n) is 3.10. The number of benzene rings is 2. The second kappa shape index (κ2) is 8.08. The molecule has 0 aromatic heterocycles. The average Bonchev–Trinajstić information content (AvgIpc) is 2.61. The van der Waals surface area contributed by atoms with Crippen LogP contribution < -0.4 is 5.32 Å². The molecule has 1 aliphatic rings. The van der Waals surface area contributed by atoms with Gasteiger partial charge in [0.1, 0.15) is 5.75 Å². The Kier molecular flexibility index (Phi) is 5.95. The molecule has 2 N–H and O–H groups in total. The maximum atomic E-state index is 13.0. The highest BCUT2D eigenvalue weighted by atomic mass is 35.5. The van der Waals surface area contributed by atoms with Gasteiger partial charge in [-0.05, 0) is 44.2 Å². The van der Waals surface area contributed by atoms with Crippen LogP contribution in [0.15, 0.2) is 47.4 Å². The van der Waals surface area contributed by atoms with E-state index in [1.54, 1.807) is 12.1 Å². The van der Waals surface area contributed by atoms with Crippen molar-refractivity contribution in [1.82, 2.24) is 4.31 Å². The monoisotopic (exact) mass is 424 g/mol. The molecule has 0 saturated carbocycles. The van der Waals surface area contributed by atoms with Gasteiger partial charge in [-0.25, -0.2) is 8.42 Å². The Balaban J connectivity index is 1.89. The average molecular weight is 425 g/mol. The predicted molar refractivity (Wildman–Crippen MR) is 106 cm³/mol. The first-order chi connectivity index (χ1) is 13.2. The first-order valence-corrected chi connectivity index (χ1v) is 10.5. The van der Waals surface area contributed by atoms with Crippen LogP contribution in [0.1, 0.15) is 24.2 Å². The minimum Gasteiger partial charge on any atom is -0.508 e. The molecule has 7 nitrogen and oxygen atoms in total. The van der Waals surface area contributed by atoms with Crippen LogP contribution in [0.4, 0.5) is 5.69 Å². The number of aromatic hydroxyl groups is 1. The molecule has 1 fully saturated rings. The smallest absolute Gasteiger partial charge is 0.257 e. The Morgan fingerprint density at radius 2 is 1.86 bits per heavy atom. The molecule has 0 unspecified atom stereocenters. The number of sulfonamides is 1. The summed E-state index contributed by atoms with van der Waals surface area (Å²) in [6, 6.07) is 10.1. The maximum Gasteiger partial charge on any atom is 0.257 e. The quantitative estimate of drug-likeness (QED) is 0.786. The summed E-state index contributed by atoms with van der Waals surface area (Å²) < 4.78 is 33.0. The van der Waals surface area contributed by atoms with Gasteiger partial charge in [-0.2, -0.15) is 4.31 Å². The first kappa shape index (κ1) is 20.6. The lowest BCUT2D eigenvalue weighted by atomic mass is 10.2. The fraction of sp³-hybridized carbons (Fsp3) is 0.316. The molecule has 9 heteroatoms. The van der Waals surface area contributed by atoms with E-state index in [-0.39, 0.29) is 46.5 Å². The van der Waals surface area contributed by atoms with E-state index in [4.69, 9.17) is 16.3 Å². The molecule has 0 spiro atoms. The molecule has 0 radical (unpaired) electrons. The van der Waals surface area contributed by atoms with Crippen LogP contribution >= 0.6 is 11.6 Å². The standard InChI is InChI=1S/C19H21ClN2O5S/c1-12-10-22(11-13(2)27-12)28(25,26)16-6-7-18(20)17(9-16)19(24)21-14-4-3-5-15(23)8-14/h3-9,12-13,23H,10-11H2,1-2H3,(H,21,24)/t12-,13-/m1/s1. The van der Waals surface area contributed by atoms with Gasteiger partial charge in [0.15, 0.2) is 0 Å². The molecule has 1 aliphatic heterocycles. The normalized spacial score (nSPS) is 20.7. The zero-order valence-electron chi connectivity index (χ0n) is 15.4. The molecule has 1 heterocycles. The van der Waals surface area contributed by atoms with Crippen LogP contribution in [-0.4, -0.2) is 49.0 Å². The summed E-state index contributed by atoms with van der Waals surface area (Å²) in [7, 11) is -3.81.